The normalized spacial score (nSPS) is 18.1. The van der Waals surface area contributed by atoms with Gasteiger partial charge in [-0.3, -0.25) is 9.69 Å². The molecule has 2 aromatic carbocycles. The average Bonchev–Trinajstić information content (AvgIpc) is 2.63. The first kappa shape index (κ1) is 18.9. The number of anilines is 1. The molecule has 5 heteroatoms. The molecule has 0 spiro atoms. The average molecular weight is 373 g/mol. The lowest BCUT2D eigenvalue weighted by molar-refractivity contribution is -0.122. The van der Waals surface area contributed by atoms with E-state index >= 15 is 0 Å². The van der Waals surface area contributed by atoms with Gasteiger partial charge in [-0.15, -0.1) is 0 Å². The molecule has 138 valence electrons. The van der Waals surface area contributed by atoms with E-state index in [0.29, 0.717) is 24.7 Å². The smallest absolute Gasteiger partial charge is 0.241 e. The van der Waals surface area contributed by atoms with Gasteiger partial charge in [0.25, 0.3) is 0 Å². The number of hydrogen-bond donors (Lipinski definition) is 0. The van der Waals surface area contributed by atoms with Gasteiger partial charge in [-0.25, -0.2) is 0 Å². The number of benzene rings is 2. The van der Waals surface area contributed by atoms with Gasteiger partial charge >= 0.3 is 0 Å². The Morgan fingerprint density at radius 1 is 1.19 bits per heavy atom. The molecule has 0 N–H and O–H groups in total. The Bertz CT molecular complexity index is 719. The van der Waals surface area contributed by atoms with E-state index in [1.807, 2.05) is 73.3 Å². The van der Waals surface area contributed by atoms with E-state index in [0.717, 1.165) is 17.8 Å². The van der Waals surface area contributed by atoms with Crippen LogP contribution in [0.15, 0.2) is 54.6 Å². The van der Waals surface area contributed by atoms with Crippen molar-refractivity contribution in [1.82, 2.24) is 4.90 Å². The first-order chi connectivity index (χ1) is 12.5. The van der Waals surface area contributed by atoms with Crippen molar-refractivity contribution in [3.63, 3.8) is 0 Å². The monoisotopic (exact) mass is 372 g/mol. The molecule has 1 aliphatic rings. The second-order valence-corrected chi connectivity index (χ2v) is 7.28. The van der Waals surface area contributed by atoms with Crippen molar-refractivity contribution in [3.8, 4) is 0 Å². The maximum Gasteiger partial charge on any atom is 0.241 e. The van der Waals surface area contributed by atoms with Crippen LogP contribution in [0.1, 0.15) is 25.5 Å². The maximum atomic E-state index is 13.0. The van der Waals surface area contributed by atoms with Crippen molar-refractivity contribution in [2.24, 2.45) is 0 Å². The first-order valence-electron chi connectivity index (χ1n) is 9.01. The summed E-state index contributed by atoms with van der Waals surface area (Å²) in [6.45, 7) is 6.56. The topological polar surface area (TPSA) is 32.8 Å². The Labute approximate surface area is 160 Å². The highest BCUT2D eigenvalue weighted by atomic mass is 35.5. The van der Waals surface area contributed by atoms with Crippen LogP contribution in [-0.4, -0.2) is 43.1 Å². The van der Waals surface area contributed by atoms with Gasteiger partial charge < -0.3 is 9.64 Å². The van der Waals surface area contributed by atoms with Crippen molar-refractivity contribution in [2.45, 2.75) is 26.0 Å². The van der Waals surface area contributed by atoms with E-state index in [2.05, 4.69) is 4.90 Å². The highest BCUT2D eigenvalue weighted by Crippen LogP contribution is 2.24. The second-order valence-electron chi connectivity index (χ2n) is 6.84. The fourth-order valence-electron chi connectivity index (χ4n) is 3.31. The molecule has 1 amide bonds. The molecule has 0 radical (unpaired) electrons. The fraction of sp³-hybridized carbons (Fsp3) is 0.381. The van der Waals surface area contributed by atoms with E-state index < -0.39 is 0 Å². The van der Waals surface area contributed by atoms with Gasteiger partial charge in [-0.1, -0.05) is 41.9 Å². The summed E-state index contributed by atoms with van der Waals surface area (Å²) in [5, 5.41) is 0.715. The largest absolute Gasteiger partial charge is 0.371 e. The Hall–Kier alpha value is -1.88. The summed E-state index contributed by atoms with van der Waals surface area (Å²) < 4.78 is 5.90. The van der Waals surface area contributed by atoms with Gasteiger partial charge in [0, 0.05) is 29.8 Å². The molecule has 1 heterocycles. The Morgan fingerprint density at radius 2 is 1.88 bits per heavy atom. The number of carbonyl (C=O) groups excluding carboxylic acids is 1. The molecule has 0 aliphatic carbocycles. The van der Waals surface area contributed by atoms with Crippen molar-refractivity contribution in [1.29, 1.82) is 0 Å². The zero-order valence-corrected chi connectivity index (χ0v) is 16.0. The SMILES string of the molecule is CC(C)N(C(=O)CN1CCOC(c2ccc(Cl)cc2)C1)c1ccccc1. The zero-order chi connectivity index (χ0) is 18.5. The third-order valence-corrected chi connectivity index (χ3v) is 4.82. The van der Waals surface area contributed by atoms with Crippen LogP contribution in [-0.2, 0) is 9.53 Å². The van der Waals surface area contributed by atoms with Crippen molar-refractivity contribution >= 4 is 23.2 Å². The van der Waals surface area contributed by atoms with Gasteiger partial charge in [0.05, 0.1) is 19.3 Å². The number of amides is 1. The molecule has 3 rings (SSSR count). The molecule has 2 aromatic rings. The molecule has 0 saturated carbocycles. The second kappa shape index (κ2) is 8.67. The minimum Gasteiger partial charge on any atom is -0.371 e. The molecular formula is C21H25ClN2O2. The number of rotatable bonds is 5. The Balaban J connectivity index is 1.67. The molecular weight excluding hydrogens is 348 g/mol. The summed E-state index contributed by atoms with van der Waals surface area (Å²) in [6, 6.07) is 17.7. The van der Waals surface area contributed by atoms with Crippen LogP contribution in [0.4, 0.5) is 5.69 Å². The number of halogens is 1. The van der Waals surface area contributed by atoms with Crippen LogP contribution in [0.25, 0.3) is 0 Å². The standard InChI is InChI=1S/C21H25ClN2O2/c1-16(2)24(19-6-4-3-5-7-19)21(25)15-23-12-13-26-20(14-23)17-8-10-18(22)11-9-17/h3-11,16,20H,12-15H2,1-2H3. The fourth-order valence-corrected chi connectivity index (χ4v) is 3.44. The molecule has 26 heavy (non-hydrogen) atoms. The number of hydrogen-bond acceptors (Lipinski definition) is 3. The van der Waals surface area contributed by atoms with Crippen LogP contribution < -0.4 is 4.90 Å². The summed E-state index contributed by atoms with van der Waals surface area (Å²) in [7, 11) is 0. The van der Waals surface area contributed by atoms with Gasteiger partial charge in [0.1, 0.15) is 0 Å². The lowest BCUT2D eigenvalue weighted by atomic mass is 10.1. The lowest BCUT2D eigenvalue weighted by Gasteiger charge is -2.35. The van der Waals surface area contributed by atoms with E-state index in [-0.39, 0.29) is 18.1 Å². The van der Waals surface area contributed by atoms with Gasteiger partial charge in [0.2, 0.25) is 5.91 Å². The Morgan fingerprint density at radius 3 is 2.54 bits per heavy atom. The van der Waals surface area contributed by atoms with Gasteiger partial charge in [0.15, 0.2) is 0 Å². The lowest BCUT2D eigenvalue weighted by Crippen LogP contribution is -2.47. The minimum absolute atomic E-state index is 0.0296. The highest BCUT2D eigenvalue weighted by Gasteiger charge is 2.26. The van der Waals surface area contributed by atoms with Crippen LogP contribution >= 0.6 is 11.6 Å². The number of para-hydroxylation sites is 1. The summed E-state index contributed by atoms with van der Waals surface area (Å²) in [5.41, 5.74) is 2.03. The van der Waals surface area contributed by atoms with Crippen molar-refractivity contribution in [2.75, 3.05) is 31.1 Å². The predicted octanol–water partition coefficient (Wildman–Crippen LogP) is 4.15. The molecule has 1 atom stereocenters. The molecule has 0 aromatic heterocycles. The van der Waals surface area contributed by atoms with E-state index in [9.17, 15) is 4.79 Å². The maximum absolute atomic E-state index is 13.0. The Kier molecular flexibility index (Phi) is 6.30. The molecule has 1 unspecified atom stereocenters. The minimum atomic E-state index is -0.0296. The summed E-state index contributed by atoms with van der Waals surface area (Å²) >= 11 is 5.97. The number of carbonyl (C=O) groups is 1. The zero-order valence-electron chi connectivity index (χ0n) is 15.3. The van der Waals surface area contributed by atoms with Crippen molar-refractivity contribution in [3.05, 3.63) is 65.2 Å². The third-order valence-electron chi connectivity index (χ3n) is 4.57. The van der Waals surface area contributed by atoms with E-state index in [1.54, 1.807) is 0 Å². The van der Waals surface area contributed by atoms with Crippen LogP contribution in [0.2, 0.25) is 5.02 Å². The molecule has 4 nitrogen and oxygen atoms in total. The highest BCUT2D eigenvalue weighted by molar-refractivity contribution is 6.30. The molecule has 1 aliphatic heterocycles. The van der Waals surface area contributed by atoms with Gasteiger partial charge in [-0.2, -0.15) is 0 Å². The molecule has 1 saturated heterocycles. The van der Waals surface area contributed by atoms with Crippen LogP contribution in [0, 0.1) is 0 Å². The number of morpholine rings is 1. The quantitative estimate of drug-likeness (QED) is 0.790. The summed E-state index contributed by atoms with van der Waals surface area (Å²) in [6.07, 6.45) is -0.0296. The van der Waals surface area contributed by atoms with E-state index in [4.69, 9.17) is 16.3 Å². The summed E-state index contributed by atoms with van der Waals surface area (Å²) in [4.78, 5) is 17.0. The first-order valence-corrected chi connectivity index (χ1v) is 9.39. The van der Waals surface area contributed by atoms with Crippen LogP contribution in [0.5, 0.6) is 0 Å². The van der Waals surface area contributed by atoms with Crippen molar-refractivity contribution < 1.29 is 9.53 Å². The molecule has 1 fully saturated rings. The number of nitrogens with zero attached hydrogens (tertiary/aromatic N) is 2. The van der Waals surface area contributed by atoms with E-state index in [1.165, 1.54) is 0 Å². The van der Waals surface area contributed by atoms with Crippen LogP contribution in [0.3, 0.4) is 0 Å². The van der Waals surface area contributed by atoms with Gasteiger partial charge in [-0.05, 0) is 43.7 Å². The predicted molar refractivity (Wildman–Crippen MR) is 106 cm³/mol. The third kappa shape index (κ3) is 4.64. The number of ether oxygens (including phenoxy) is 1. The molecule has 0 bridgehead atoms. The summed E-state index contributed by atoms with van der Waals surface area (Å²) in [5.74, 6) is 0.114.